The zero-order valence-electron chi connectivity index (χ0n) is 15.3. The molecule has 0 spiro atoms. The second-order valence-electron chi connectivity index (χ2n) is 6.29. The second kappa shape index (κ2) is 8.36. The number of ether oxygens (including phenoxy) is 2. The first-order valence-electron chi connectivity index (χ1n) is 8.98. The highest BCUT2D eigenvalue weighted by Gasteiger charge is 2.17. The predicted octanol–water partition coefficient (Wildman–Crippen LogP) is 4.72. The van der Waals surface area contributed by atoms with Crippen LogP contribution >= 0.6 is 15.9 Å². The van der Waals surface area contributed by atoms with E-state index >= 15 is 0 Å². The highest BCUT2D eigenvalue weighted by molar-refractivity contribution is 9.10. The van der Waals surface area contributed by atoms with Crippen LogP contribution in [0.2, 0.25) is 0 Å². The van der Waals surface area contributed by atoms with Crippen molar-refractivity contribution in [3.8, 4) is 11.5 Å². The van der Waals surface area contributed by atoms with E-state index in [1.165, 1.54) is 0 Å². The lowest BCUT2D eigenvalue weighted by Gasteiger charge is -2.19. The number of amides is 2. The number of hydrogen-bond acceptors (Lipinski definition) is 4. The molecule has 0 aliphatic carbocycles. The third kappa shape index (κ3) is 4.25. The Morgan fingerprint density at radius 3 is 2.21 bits per heavy atom. The fraction of sp³-hybridized carbons (Fsp3) is 0.0909. The van der Waals surface area contributed by atoms with Crippen molar-refractivity contribution in [2.24, 2.45) is 0 Å². The molecule has 0 bridgehead atoms. The summed E-state index contributed by atoms with van der Waals surface area (Å²) in [6, 6.07) is 19.2. The van der Waals surface area contributed by atoms with Crippen LogP contribution in [0.1, 0.15) is 20.7 Å². The molecule has 6 nitrogen and oxygen atoms in total. The second-order valence-corrected chi connectivity index (χ2v) is 7.15. The summed E-state index contributed by atoms with van der Waals surface area (Å²) in [6.07, 6.45) is 0. The van der Waals surface area contributed by atoms with Crippen LogP contribution in [0, 0.1) is 0 Å². The normalized spacial score (nSPS) is 12.2. The van der Waals surface area contributed by atoms with E-state index in [0.29, 0.717) is 51.7 Å². The molecule has 0 fully saturated rings. The number of fused-ring (bicyclic) bond motifs is 1. The van der Waals surface area contributed by atoms with Gasteiger partial charge in [-0.25, -0.2) is 0 Å². The average Bonchev–Trinajstić information content (AvgIpc) is 2.74. The summed E-state index contributed by atoms with van der Waals surface area (Å²) in [6.45, 7) is 0.970. The van der Waals surface area contributed by atoms with Crippen LogP contribution in [0.25, 0.3) is 0 Å². The van der Waals surface area contributed by atoms with Crippen molar-refractivity contribution in [3.05, 3.63) is 82.3 Å². The number of halogens is 1. The van der Waals surface area contributed by atoms with Gasteiger partial charge >= 0.3 is 0 Å². The van der Waals surface area contributed by atoms with E-state index in [0.717, 1.165) is 0 Å². The summed E-state index contributed by atoms with van der Waals surface area (Å²) >= 11 is 3.37. The monoisotopic (exact) mass is 452 g/mol. The van der Waals surface area contributed by atoms with Crippen molar-refractivity contribution in [1.82, 2.24) is 0 Å². The zero-order valence-corrected chi connectivity index (χ0v) is 16.9. The summed E-state index contributed by atoms with van der Waals surface area (Å²) in [7, 11) is 0. The molecular formula is C22H17BrN2O4. The number of carbonyl (C=O) groups is 2. The molecular weight excluding hydrogens is 436 g/mol. The van der Waals surface area contributed by atoms with Gasteiger partial charge in [0.2, 0.25) is 0 Å². The summed E-state index contributed by atoms with van der Waals surface area (Å²) in [4.78, 5) is 25.5. The lowest BCUT2D eigenvalue weighted by atomic mass is 10.1. The van der Waals surface area contributed by atoms with Gasteiger partial charge in [0.15, 0.2) is 11.5 Å². The van der Waals surface area contributed by atoms with E-state index in [1.54, 1.807) is 60.7 Å². The Morgan fingerprint density at radius 1 is 0.759 bits per heavy atom. The summed E-state index contributed by atoms with van der Waals surface area (Å²) in [5.74, 6) is 0.585. The SMILES string of the molecule is O=C(Nc1ccccc1C(=O)Nc1ccc2c(c1)OCCO2)c1ccccc1Br. The number of hydrogen-bond donors (Lipinski definition) is 2. The highest BCUT2D eigenvalue weighted by Crippen LogP contribution is 2.33. The van der Waals surface area contributed by atoms with Crippen LogP contribution in [-0.4, -0.2) is 25.0 Å². The third-order valence-electron chi connectivity index (χ3n) is 4.34. The van der Waals surface area contributed by atoms with E-state index in [4.69, 9.17) is 9.47 Å². The summed E-state index contributed by atoms with van der Waals surface area (Å²) in [5.41, 5.74) is 1.83. The van der Waals surface area contributed by atoms with Crippen LogP contribution in [0.5, 0.6) is 11.5 Å². The van der Waals surface area contributed by atoms with Gasteiger partial charge in [-0.05, 0) is 52.3 Å². The standard InChI is InChI=1S/C22H17BrN2O4/c23-17-7-3-1-5-15(17)21(26)25-18-8-4-2-6-16(18)22(27)24-14-9-10-19-20(13-14)29-12-11-28-19/h1-10,13H,11-12H2,(H,24,27)(H,25,26). The number of rotatable bonds is 4. The van der Waals surface area contributed by atoms with Gasteiger partial charge in [-0.2, -0.15) is 0 Å². The lowest BCUT2D eigenvalue weighted by molar-refractivity contribution is 0.102. The number of nitrogens with one attached hydrogen (secondary N) is 2. The Labute approximate surface area is 176 Å². The average molecular weight is 453 g/mol. The fourth-order valence-electron chi connectivity index (χ4n) is 2.94. The van der Waals surface area contributed by atoms with Gasteiger partial charge in [-0.15, -0.1) is 0 Å². The fourth-order valence-corrected chi connectivity index (χ4v) is 3.41. The largest absolute Gasteiger partial charge is 0.486 e. The van der Waals surface area contributed by atoms with Crippen molar-refractivity contribution in [2.45, 2.75) is 0 Å². The van der Waals surface area contributed by atoms with E-state index in [9.17, 15) is 9.59 Å². The van der Waals surface area contributed by atoms with E-state index in [2.05, 4.69) is 26.6 Å². The number of anilines is 2. The molecule has 0 saturated carbocycles. The molecule has 1 aliphatic rings. The van der Waals surface area contributed by atoms with Gasteiger partial charge in [-0.1, -0.05) is 24.3 Å². The minimum Gasteiger partial charge on any atom is -0.486 e. The quantitative estimate of drug-likeness (QED) is 0.599. The van der Waals surface area contributed by atoms with Gasteiger partial charge in [0.05, 0.1) is 16.8 Å². The van der Waals surface area contributed by atoms with Crippen LogP contribution in [0.4, 0.5) is 11.4 Å². The number of benzene rings is 3. The van der Waals surface area contributed by atoms with Gasteiger partial charge in [0.1, 0.15) is 13.2 Å². The van der Waals surface area contributed by atoms with Crippen LogP contribution in [0.15, 0.2) is 71.2 Å². The summed E-state index contributed by atoms with van der Waals surface area (Å²) < 4.78 is 11.7. The Morgan fingerprint density at radius 2 is 1.41 bits per heavy atom. The third-order valence-corrected chi connectivity index (χ3v) is 5.03. The molecule has 1 aliphatic heterocycles. The molecule has 2 amide bonds. The van der Waals surface area contributed by atoms with Crippen molar-refractivity contribution >= 4 is 39.1 Å². The minimum absolute atomic E-state index is 0.308. The molecule has 0 atom stereocenters. The molecule has 3 aromatic rings. The molecule has 0 aromatic heterocycles. The van der Waals surface area contributed by atoms with Gasteiger partial charge in [-0.3, -0.25) is 9.59 Å². The van der Waals surface area contributed by atoms with Crippen molar-refractivity contribution in [1.29, 1.82) is 0 Å². The summed E-state index contributed by atoms with van der Waals surface area (Å²) in [5, 5.41) is 5.65. The highest BCUT2D eigenvalue weighted by atomic mass is 79.9. The Hall–Kier alpha value is -3.32. The number of para-hydroxylation sites is 1. The predicted molar refractivity (Wildman–Crippen MR) is 114 cm³/mol. The van der Waals surface area contributed by atoms with Gasteiger partial charge < -0.3 is 20.1 Å². The molecule has 29 heavy (non-hydrogen) atoms. The Bertz CT molecular complexity index is 1080. The van der Waals surface area contributed by atoms with E-state index in [-0.39, 0.29) is 11.8 Å². The molecule has 7 heteroatoms. The lowest BCUT2D eigenvalue weighted by Crippen LogP contribution is -2.19. The first-order chi connectivity index (χ1) is 14.1. The first-order valence-corrected chi connectivity index (χ1v) is 9.77. The van der Waals surface area contributed by atoms with Gasteiger partial charge in [0, 0.05) is 16.2 Å². The number of carbonyl (C=O) groups excluding carboxylic acids is 2. The molecule has 3 aromatic carbocycles. The molecule has 0 saturated heterocycles. The Kier molecular flexibility index (Phi) is 5.48. The minimum atomic E-state index is -0.343. The first kappa shape index (κ1) is 19.0. The van der Waals surface area contributed by atoms with Crippen molar-refractivity contribution in [3.63, 3.8) is 0 Å². The maximum atomic E-state index is 12.8. The molecule has 146 valence electrons. The van der Waals surface area contributed by atoms with E-state index < -0.39 is 0 Å². The van der Waals surface area contributed by atoms with Crippen LogP contribution in [-0.2, 0) is 0 Å². The topological polar surface area (TPSA) is 76.7 Å². The van der Waals surface area contributed by atoms with Crippen molar-refractivity contribution in [2.75, 3.05) is 23.8 Å². The molecule has 2 N–H and O–H groups in total. The van der Waals surface area contributed by atoms with Gasteiger partial charge in [0.25, 0.3) is 11.8 Å². The van der Waals surface area contributed by atoms with Crippen molar-refractivity contribution < 1.29 is 19.1 Å². The maximum absolute atomic E-state index is 12.8. The smallest absolute Gasteiger partial charge is 0.257 e. The molecule has 1 heterocycles. The van der Waals surface area contributed by atoms with E-state index in [1.807, 2.05) is 6.07 Å². The zero-order chi connectivity index (χ0) is 20.2. The molecule has 0 unspecified atom stereocenters. The maximum Gasteiger partial charge on any atom is 0.257 e. The molecule has 0 radical (unpaired) electrons. The molecule has 4 rings (SSSR count). The Balaban J connectivity index is 1.54. The van der Waals surface area contributed by atoms with Crippen LogP contribution in [0.3, 0.4) is 0 Å². The van der Waals surface area contributed by atoms with Crippen LogP contribution < -0.4 is 20.1 Å².